The lowest BCUT2D eigenvalue weighted by molar-refractivity contribution is -0.142. The summed E-state index contributed by atoms with van der Waals surface area (Å²) < 4.78 is 11.4. The summed E-state index contributed by atoms with van der Waals surface area (Å²) in [6.07, 6.45) is 1.43. The van der Waals surface area contributed by atoms with E-state index in [2.05, 4.69) is 0 Å². The van der Waals surface area contributed by atoms with Crippen LogP contribution in [0.2, 0.25) is 0 Å². The molecule has 20 heavy (non-hydrogen) atoms. The molecule has 1 aromatic carbocycles. The van der Waals surface area contributed by atoms with Crippen molar-refractivity contribution in [3.8, 4) is 11.5 Å². The van der Waals surface area contributed by atoms with E-state index in [0.717, 1.165) is 25.9 Å². The average molecular weight is 276 g/mol. The predicted molar refractivity (Wildman–Crippen MR) is 74.7 cm³/mol. The predicted octanol–water partition coefficient (Wildman–Crippen LogP) is 1.02. The van der Waals surface area contributed by atoms with Gasteiger partial charge in [0.1, 0.15) is 6.61 Å². The Balaban J connectivity index is 1.62. The van der Waals surface area contributed by atoms with Crippen molar-refractivity contribution in [3.05, 3.63) is 24.3 Å². The number of nitrogens with two attached hydrogens (primary N) is 1. The third-order valence-electron chi connectivity index (χ3n) is 4.04. The molecule has 108 valence electrons. The van der Waals surface area contributed by atoms with E-state index < -0.39 is 6.10 Å². The summed E-state index contributed by atoms with van der Waals surface area (Å²) in [6, 6.07) is 7.45. The molecule has 2 heterocycles. The standard InChI is InChI=1S/C15H20N2O3/c16-9-11-5-7-17(8-6-11)15(18)14-10-19-12-3-1-2-4-13(12)20-14/h1-4,11,14H,5-10,16H2/t14-/m0/s1. The molecular weight excluding hydrogens is 256 g/mol. The van der Waals surface area contributed by atoms with Gasteiger partial charge in [0.05, 0.1) is 0 Å². The lowest BCUT2D eigenvalue weighted by atomic mass is 9.97. The Morgan fingerprint density at radius 1 is 1.25 bits per heavy atom. The second-order valence-electron chi connectivity index (χ2n) is 5.37. The van der Waals surface area contributed by atoms with Crippen molar-refractivity contribution >= 4 is 5.91 Å². The number of carbonyl (C=O) groups excluding carboxylic acids is 1. The van der Waals surface area contributed by atoms with E-state index in [9.17, 15) is 4.79 Å². The number of nitrogens with zero attached hydrogens (tertiary/aromatic N) is 1. The van der Waals surface area contributed by atoms with Crippen molar-refractivity contribution in [1.29, 1.82) is 0 Å². The van der Waals surface area contributed by atoms with Gasteiger partial charge in [-0.15, -0.1) is 0 Å². The van der Waals surface area contributed by atoms with Gasteiger partial charge in [0.15, 0.2) is 11.5 Å². The number of likely N-dealkylation sites (tertiary alicyclic amines) is 1. The van der Waals surface area contributed by atoms with Crippen LogP contribution in [0, 0.1) is 5.92 Å². The van der Waals surface area contributed by atoms with Gasteiger partial charge in [-0.05, 0) is 37.4 Å². The zero-order valence-electron chi connectivity index (χ0n) is 11.5. The lowest BCUT2D eigenvalue weighted by Crippen LogP contribution is -2.49. The number of ether oxygens (including phenoxy) is 2. The number of rotatable bonds is 2. The fourth-order valence-corrected chi connectivity index (χ4v) is 2.73. The van der Waals surface area contributed by atoms with E-state index in [1.54, 1.807) is 0 Å². The van der Waals surface area contributed by atoms with Crippen LogP contribution in [0.15, 0.2) is 24.3 Å². The summed E-state index contributed by atoms with van der Waals surface area (Å²) in [4.78, 5) is 14.3. The number of amides is 1. The van der Waals surface area contributed by atoms with Gasteiger partial charge in [0.25, 0.3) is 5.91 Å². The maximum absolute atomic E-state index is 12.4. The molecule has 1 amide bonds. The van der Waals surface area contributed by atoms with E-state index in [0.29, 0.717) is 24.0 Å². The smallest absolute Gasteiger partial charge is 0.267 e. The van der Waals surface area contributed by atoms with Gasteiger partial charge < -0.3 is 20.1 Å². The van der Waals surface area contributed by atoms with Crippen molar-refractivity contribution in [2.45, 2.75) is 18.9 Å². The van der Waals surface area contributed by atoms with Crippen molar-refractivity contribution in [2.24, 2.45) is 11.7 Å². The molecule has 1 aromatic rings. The molecule has 0 bridgehead atoms. The van der Waals surface area contributed by atoms with Gasteiger partial charge in [-0.2, -0.15) is 0 Å². The first-order chi connectivity index (χ1) is 9.78. The van der Waals surface area contributed by atoms with Crippen LogP contribution in [0.1, 0.15) is 12.8 Å². The van der Waals surface area contributed by atoms with Gasteiger partial charge in [-0.1, -0.05) is 12.1 Å². The highest BCUT2D eigenvalue weighted by atomic mass is 16.6. The molecule has 0 saturated carbocycles. The molecule has 1 atom stereocenters. The molecule has 0 aromatic heterocycles. The van der Waals surface area contributed by atoms with Crippen LogP contribution >= 0.6 is 0 Å². The maximum Gasteiger partial charge on any atom is 0.267 e. The lowest BCUT2D eigenvalue weighted by Gasteiger charge is -2.35. The first-order valence-electron chi connectivity index (χ1n) is 7.15. The van der Waals surface area contributed by atoms with E-state index in [-0.39, 0.29) is 12.5 Å². The number of benzene rings is 1. The Morgan fingerprint density at radius 2 is 1.95 bits per heavy atom. The topological polar surface area (TPSA) is 64.8 Å². The molecule has 5 heteroatoms. The van der Waals surface area contributed by atoms with E-state index in [4.69, 9.17) is 15.2 Å². The third-order valence-corrected chi connectivity index (χ3v) is 4.04. The van der Waals surface area contributed by atoms with Crippen molar-refractivity contribution < 1.29 is 14.3 Å². The number of carbonyl (C=O) groups is 1. The highest BCUT2D eigenvalue weighted by molar-refractivity contribution is 5.82. The van der Waals surface area contributed by atoms with E-state index in [1.807, 2.05) is 29.2 Å². The highest BCUT2D eigenvalue weighted by Crippen LogP contribution is 2.31. The second kappa shape index (κ2) is 5.71. The largest absolute Gasteiger partial charge is 0.485 e. The number of hydrogen-bond donors (Lipinski definition) is 1. The molecule has 2 N–H and O–H groups in total. The van der Waals surface area contributed by atoms with Gasteiger partial charge in [0, 0.05) is 13.1 Å². The summed E-state index contributed by atoms with van der Waals surface area (Å²) in [5, 5.41) is 0. The van der Waals surface area contributed by atoms with E-state index >= 15 is 0 Å². The van der Waals surface area contributed by atoms with Crippen LogP contribution in [0.25, 0.3) is 0 Å². The van der Waals surface area contributed by atoms with Crippen LogP contribution < -0.4 is 15.2 Å². The molecule has 0 spiro atoms. The number of hydrogen-bond acceptors (Lipinski definition) is 4. The molecule has 0 unspecified atom stereocenters. The second-order valence-corrected chi connectivity index (χ2v) is 5.37. The molecular formula is C15H20N2O3. The van der Waals surface area contributed by atoms with Gasteiger partial charge >= 0.3 is 0 Å². The summed E-state index contributed by atoms with van der Waals surface area (Å²) in [5.74, 6) is 1.92. The first-order valence-corrected chi connectivity index (χ1v) is 7.15. The Kier molecular flexibility index (Phi) is 3.78. The van der Waals surface area contributed by atoms with Gasteiger partial charge in [-0.25, -0.2) is 0 Å². The zero-order valence-corrected chi connectivity index (χ0v) is 11.5. The Morgan fingerprint density at radius 3 is 2.65 bits per heavy atom. The summed E-state index contributed by atoms with van der Waals surface area (Å²) in [5.41, 5.74) is 5.67. The van der Waals surface area contributed by atoms with Crippen LogP contribution in [-0.2, 0) is 4.79 Å². The first kappa shape index (κ1) is 13.2. The maximum atomic E-state index is 12.4. The van der Waals surface area contributed by atoms with Crippen molar-refractivity contribution in [3.63, 3.8) is 0 Å². The monoisotopic (exact) mass is 276 g/mol. The minimum Gasteiger partial charge on any atom is -0.485 e. The van der Waals surface area contributed by atoms with Crippen LogP contribution in [-0.4, -0.2) is 43.2 Å². The number of fused-ring (bicyclic) bond motifs is 1. The quantitative estimate of drug-likeness (QED) is 0.876. The van der Waals surface area contributed by atoms with Crippen molar-refractivity contribution in [2.75, 3.05) is 26.2 Å². The Hall–Kier alpha value is -1.75. The molecule has 1 fully saturated rings. The highest BCUT2D eigenvalue weighted by Gasteiger charge is 2.32. The molecule has 2 aliphatic heterocycles. The zero-order chi connectivity index (χ0) is 13.9. The van der Waals surface area contributed by atoms with Crippen LogP contribution in [0.3, 0.4) is 0 Å². The minimum atomic E-state index is -0.528. The molecule has 2 aliphatic rings. The summed E-state index contributed by atoms with van der Waals surface area (Å²) >= 11 is 0. The minimum absolute atomic E-state index is 0.0231. The molecule has 0 aliphatic carbocycles. The fourth-order valence-electron chi connectivity index (χ4n) is 2.73. The third kappa shape index (κ3) is 2.58. The van der Waals surface area contributed by atoms with Gasteiger partial charge in [0.2, 0.25) is 6.10 Å². The molecule has 0 radical (unpaired) electrons. The average Bonchev–Trinajstić information content (AvgIpc) is 2.54. The SMILES string of the molecule is NCC1CCN(C(=O)[C@@H]2COc3ccccc3O2)CC1. The Bertz CT molecular complexity index is 484. The fraction of sp³-hybridized carbons (Fsp3) is 0.533. The van der Waals surface area contributed by atoms with Crippen molar-refractivity contribution in [1.82, 2.24) is 4.90 Å². The number of piperidine rings is 1. The summed E-state index contributed by atoms with van der Waals surface area (Å²) in [7, 11) is 0. The molecule has 1 saturated heterocycles. The Labute approximate surface area is 118 Å². The van der Waals surface area contributed by atoms with Gasteiger partial charge in [-0.3, -0.25) is 4.79 Å². The number of para-hydroxylation sites is 2. The molecule has 5 nitrogen and oxygen atoms in total. The van der Waals surface area contributed by atoms with Crippen LogP contribution in [0.4, 0.5) is 0 Å². The summed E-state index contributed by atoms with van der Waals surface area (Å²) in [6.45, 7) is 2.52. The normalized spacial score (nSPS) is 22.6. The van der Waals surface area contributed by atoms with E-state index in [1.165, 1.54) is 0 Å². The van der Waals surface area contributed by atoms with Crippen LogP contribution in [0.5, 0.6) is 11.5 Å². The molecule has 3 rings (SSSR count).